The van der Waals surface area contributed by atoms with Gasteiger partial charge in [0, 0.05) is 15.8 Å². The van der Waals surface area contributed by atoms with E-state index in [2.05, 4.69) is 5.32 Å². The first kappa shape index (κ1) is 14.0. The van der Waals surface area contributed by atoms with E-state index in [1.165, 1.54) is 0 Å². The van der Waals surface area contributed by atoms with Gasteiger partial charge >= 0.3 is 0 Å². The Balaban J connectivity index is -0.000000117. The molecule has 0 aromatic heterocycles. The molecular formula is C9H26N2O. The molecule has 0 aliphatic heterocycles. The van der Waals surface area contributed by atoms with Gasteiger partial charge in [0.1, 0.15) is 0 Å². The Morgan fingerprint density at radius 1 is 1.42 bits per heavy atom. The first-order valence-corrected chi connectivity index (χ1v) is 4.78. The molecule has 0 aliphatic carbocycles. The molecule has 0 aliphatic rings. The first-order valence-electron chi connectivity index (χ1n) is 4.78. The molecule has 0 atom stereocenters. The summed E-state index contributed by atoms with van der Waals surface area (Å²) < 4.78 is 0. The minimum Gasteiger partial charge on any atom is -0.356 e. The zero-order chi connectivity index (χ0) is 9.82. The minimum atomic E-state index is 0. The van der Waals surface area contributed by atoms with Gasteiger partial charge in [0.25, 0.3) is 0 Å². The molecule has 0 fully saturated rings. The summed E-state index contributed by atoms with van der Waals surface area (Å²) >= 11 is 0. The van der Waals surface area contributed by atoms with Gasteiger partial charge < -0.3 is 11.1 Å². The Labute approximate surface area is 78.7 Å². The molecule has 0 unspecified atom stereocenters. The summed E-state index contributed by atoms with van der Waals surface area (Å²) in [5, 5.41) is 2.72. The summed E-state index contributed by atoms with van der Waals surface area (Å²) in [5.41, 5.74) is 5.26. The van der Waals surface area contributed by atoms with Crippen molar-refractivity contribution in [1.29, 1.82) is 0 Å². The highest BCUT2D eigenvalue weighted by Gasteiger charge is 1.96. The molecular weight excluding hydrogens is 152 g/mol. The molecule has 3 nitrogen and oxygen atoms in total. The van der Waals surface area contributed by atoms with Gasteiger partial charge in [-0.25, -0.2) is 0 Å². The van der Waals surface area contributed by atoms with Crippen LogP contribution in [0.4, 0.5) is 0 Å². The smallest absolute Gasteiger partial charge is 0.219 e. The lowest BCUT2D eigenvalue weighted by Crippen LogP contribution is -2.22. The number of hydrogen-bond acceptors (Lipinski definition) is 2. The van der Waals surface area contributed by atoms with E-state index >= 15 is 0 Å². The van der Waals surface area contributed by atoms with Gasteiger partial charge in [0.2, 0.25) is 5.91 Å². The standard InChI is InChI=1S/C7H16N2O.C2H6.2H2/c1-2-9-7(10)5-3-4-6-8;1-2;;/h2-6,8H2,1H3,(H,9,10);1-2H3;2*1H. The van der Waals surface area contributed by atoms with Crippen LogP contribution in [0.5, 0.6) is 0 Å². The van der Waals surface area contributed by atoms with Crippen LogP contribution in [0.25, 0.3) is 0 Å². The molecule has 3 N–H and O–H groups in total. The Morgan fingerprint density at radius 2 is 2.00 bits per heavy atom. The Kier molecular flexibility index (Phi) is 15.2. The monoisotopic (exact) mass is 178 g/mol. The fraction of sp³-hybridized carbons (Fsp3) is 0.889. The number of carbonyl (C=O) groups is 1. The number of nitrogens with one attached hydrogen (secondary N) is 1. The van der Waals surface area contributed by atoms with E-state index in [9.17, 15) is 4.79 Å². The van der Waals surface area contributed by atoms with Crippen molar-refractivity contribution in [3.8, 4) is 0 Å². The van der Waals surface area contributed by atoms with E-state index < -0.39 is 0 Å². The summed E-state index contributed by atoms with van der Waals surface area (Å²) in [6.07, 6.45) is 2.46. The average Bonchev–Trinajstić information content (AvgIpc) is 2.09. The number of nitrogens with two attached hydrogens (primary N) is 1. The van der Waals surface area contributed by atoms with E-state index in [0.717, 1.165) is 19.4 Å². The van der Waals surface area contributed by atoms with Crippen LogP contribution < -0.4 is 11.1 Å². The van der Waals surface area contributed by atoms with E-state index in [-0.39, 0.29) is 8.76 Å². The predicted molar refractivity (Wildman–Crippen MR) is 57.2 cm³/mol. The van der Waals surface area contributed by atoms with Crippen molar-refractivity contribution in [3.05, 3.63) is 0 Å². The van der Waals surface area contributed by atoms with Gasteiger partial charge in [-0.15, -0.1) is 0 Å². The van der Waals surface area contributed by atoms with Crippen molar-refractivity contribution in [3.63, 3.8) is 0 Å². The van der Waals surface area contributed by atoms with Crippen molar-refractivity contribution in [2.75, 3.05) is 13.1 Å². The summed E-state index contributed by atoms with van der Waals surface area (Å²) in [7, 11) is 0. The number of carbonyl (C=O) groups excluding carboxylic acids is 1. The van der Waals surface area contributed by atoms with Crippen LogP contribution in [-0.2, 0) is 4.79 Å². The largest absolute Gasteiger partial charge is 0.356 e. The Bertz CT molecular complexity index is 103. The maximum absolute atomic E-state index is 10.8. The lowest BCUT2D eigenvalue weighted by Gasteiger charge is -1.99. The second kappa shape index (κ2) is 13.1. The number of hydrogen-bond donors (Lipinski definition) is 2. The summed E-state index contributed by atoms with van der Waals surface area (Å²) in [4.78, 5) is 10.8. The molecule has 0 spiro atoms. The lowest BCUT2D eigenvalue weighted by molar-refractivity contribution is -0.121. The fourth-order valence-electron chi connectivity index (χ4n) is 0.715. The van der Waals surface area contributed by atoms with Gasteiger partial charge in [-0.2, -0.15) is 0 Å². The van der Waals surface area contributed by atoms with Crippen LogP contribution in [0.1, 0.15) is 42.9 Å². The van der Waals surface area contributed by atoms with Crippen LogP contribution in [0.2, 0.25) is 0 Å². The lowest BCUT2D eigenvalue weighted by atomic mass is 10.2. The van der Waals surface area contributed by atoms with Crippen molar-refractivity contribution >= 4 is 5.91 Å². The highest BCUT2D eigenvalue weighted by molar-refractivity contribution is 5.75. The molecule has 0 heterocycles. The van der Waals surface area contributed by atoms with Gasteiger partial charge in [0.05, 0.1) is 0 Å². The molecule has 3 heteroatoms. The average molecular weight is 178 g/mol. The number of unbranched alkanes of at least 4 members (excludes halogenated alkanes) is 1. The topological polar surface area (TPSA) is 55.1 Å². The van der Waals surface area contributed by atoms with Gasteiger partial charge in [-0.3, -0.25) is 4.79 Å². The van der Waals surface area contributed by atoms with Gasteiger partial charge in [-0.05, 0) is 26.3 Å². The van der Waals surface area contributed by atoms with E-state index in [0.29, 0.717) is 13.0 Å². The number of amides is 1. The summed E-state index contributed by atoms with van der Waals surface area (Å²) in [5.74, 6) is 0.135. The zero-order valence-electron chi connectivity index (χ0n) is 8.52. The molecule has 0 saturated heterocycles. The van der Waals surface area contributed by atoms with Crippen LogP contribution in [0.3, 0.4) is 0 Å². The van der Waals surface area contributed by atoms with Gasteiger partial charge in [-0.1, -0.05) is 13.8 Å². The molecule has 0 bridgehead atoms. The number of rotatable bonds is 5. The normalized spacial score (nSPS) is 8.33. The maximum atomic E-state index is 10.8. The van der Waals surface area contributed by atoms with Crippen molar-refractivity contribution in [1.82, 2.24) is 5.32 Å². The van der Waals surface area contributed by atoms with Crippen molar-refractivity contribution in [2.45, 2.75) is 40.0 Å². The molecule has 0 aromatic rings. The molecule has 0 saturated carbocycles. The SMILES string of the molecule is CC.CCNC(=O)CCCCN.[HH].[HH]. The molecule has 78 valence electrons. The van der Waals surface area contributed by atoms with Crippen LogP contribution >= 0.6 is 0 Å². The second-order valence-electron chi connectivity index (χ2n) is 2.20. The van der Waals surface area contributed by atoms with E-state index in [1.54, 1.807) is 0 Å². The van der Waals surface area contributed by atoms with Crippen LogP contribution in [0.15, 0.2) is 0 Å². The van der Waals surface area contributed by atoms with E-state index in [4.69, 9.17) is 5.73 Å². The fourth-order valence-corrected chi connectivity index (χ4v) is 0.715. The highest BCUT2D eigenvalue weighted by Crippen LogP contribution is 1.91. The van der Waals surface area contributed by atoms with Crippen molar-refractivity contribution < 1.29 is 7.65 Å². The van der Waals surface area contributed by atoms with E-state index in [1.807, 2.05) is 20.8 Å². The third-order valence-corrected chi connectivity index (χ3v) is 1.23. The van der Waals surface area contributed by atoms with Crippen molar-refractivity contribution in [2.24, 2.45) is 5.73 Å². The van der Waals surface area contributed by atoms with Crippen LogP contribution in [-0.4, -0.2) is 19.0 Å². The third kappa shape index (κ3) is 12.1. The molecule has 0 aromatic carbocycles. The zero-order valence-corrected chi connectivity index (χ0v) is 8.52. The molecule has 0 radical (unpaired) electrons. The molecule has 12 heavy (non-hydrogen) atoms. The second-order valence-corrected chi connectivity index (χ2v) is 2.20. The minimum absolute atomic E-state index is 0. The Morgan fingerprint density at radius 3 is 2.42 bits per heavy atom. The highest BCUT2D eigenvalue weighted by atomic mass is 16.1. The predicted octanol–water partition coefficient (Wildman–Crippen LogP) is 1.77. The quantitative estimate of drug-likeness (QED) is 0.630. The first-order chi connectivity index (χ1) is 5.81. The maximum Gasteiger partial charge on any atom is 0.219 e. The Hall–Kier alpha value is -0.570. The summed E-state index contributed by atoms with van der Waals surface area (Å²) in [6, 6.07) is 0. The van der Waals surface area contributed by atoms with Gasteiger partial charge in [0.15, 0.2) is 0 Å². The molecule has 1 amide bonds. The third-order valence-electron chi connectivity index (χ3n) is 1.23. The van der Waals surface area contributed by atoms with Crippen LogP contribution in [0, 0.1) is 0 Å². The summed E-state index contributed by atoms with van der Waals surface area (Å²) in [6.45, 7) is 7.32. The molecule has 0 rings (SSSR count).